The number of aryl methyl sites for hydroxylation is 1. The zero-order valence-electron chi connectivity index (χ0n) is 10.5. The van der Waals surface area contributed by atoms with Crippen LogP contribution in [0, 0.1) is 6.92 Å². The average Bonchev–Trinajstić information content (AvgIpc) is 2.60. The van der Waals surface area contributed by atoms with Gasteiger partial charge in [-0.25, -0.2) is 0 Å². The number of halogens is 1. The summed E-state index contributed by atoms with van der Waals surface area (Å²) in [5.41, 5.74) is 2.53. The molecule has 0 radical (unpaired) electrons. The minimum atomic E-state index is 0.427. The molecule has 0 saturated heterocycles. The summed E-state index contributed by atoms with van der Waals surface area (Å²) in [6.45, 7) is 2.14. The van der Waals surface area contributed by atoms with Crippen LogP contribution in [0.1, 0.15) is 49.7 Å². The second-order valence-corrected chi connectivity index (χ2v) is 5.49. The molecule has 0 atom stereocenters. The van der Waals surface area contributed by atoms with Crippen molar-refractivity contribution in [3.8, 4) is 5.75 Å². The van der Waals surface area contributed by atoms with E-state index in [1.807, 2.05) is 0 Å². The second kappa shape index (κ2) is 6.44. The topological polar surface area (TPSA) is 9.23 Å². The van der Waals surface area contributed by atoms with Crippen LogP contribution >= 0.6 is 15.9 Å². The lowest BCUT2D eigenvalue weighted by molar-refractivity contribution is 0.181. The predicted molar refractivity (Wildman–Crippen MR) is 75.9 cm³/mol. The van der Waals surface area contributed by atoms with Crippen LogP contribution in [-0.2, 0) is 5.33 Å². The van der Waals surface area contributed by atoms with Crippen molar-refractivity contribution in [3.63, 3.8) is 0 Å². The van der Waals surface area contributed by atoms with Gasteiger partial charge < -0.3 is 4.74 Å². The third-order valence-electron chi connectivity index (χ3n) is 3.52. The Labute approximate surface area is 113 Å². The molecule has 0 unspecified atom stereocenters. The highest BCUT2D eigenvalue weighted by atomic mass is 79.9. The van der Waals surface area contributed by atoms with Crippen LogP contribution in [0.25, 0.3) is 0 Å². The Kier molecular flexibility index (Phi) is 4.90. The summed E-state index contributed by atoms with van der Waals surface area (Å²) in [6.07, 6.45) is 8.25. The Morgan fingerprint density at radius 2 is 1.88 bits per heavy atom. The lowest BCUT2D eigenvalue weighted by atomic mass is 10.1. The Morgan fingerprint density at radius 1 is 1.18 bits per heavy atom. The molecule has 1 saturated carbocycles. The fraction of sp³-hybridized carbons (Fsp3) is 0.600. The van der Waals surface area contributed by atoms with Gasteiger partial charge in [0.25, 0.3) is 0 Å². The molecule has 0 aromatic heterocycles. The van der Waals surface area contributed by atoms with E-state index in [1.165, 1.54) is 49.7 Å². The van der Waals surface area contributed by atoms with E-state index in [0.717, 1.165) is 11.1 Å². The molecule has 0 spiro atoms. The average molecular weight is 297 g/mol. The molecule has 94 valence electrons. The van der Waals surface area contributed by atoms with Crippen molar-refractivity contribution in [1.82, 2.24) is 0 Å². The molecule has 1 fully saturated rings. The Hall–Kier alpha value is -0.500. The van der Waals surface area contributed by atoms with Gasteiger partial charge in [0.15, 0.2) is 0 Å². The van der Waals surface area contributed by atoms with Crippen LogP contribution in [0.3, 0.4) is 0 Å². The number of rotatable bonds is 3. The minimum absolute atomic E-state index is 0.427. The molecule has 1 aromatic rings. The molecule has 1 aliphatic carbocycles. The summed E-state index contributed by atoms with van der Waals surface area (Å²) in [4.78, 5) is 0. The van der Waals surface area contributed by atoms with Gasteiger partial charge in [-0.15, -0.1) is 0 Å². The van der Waals surface area contributed by atoms with Gasteiger partial charge in [-0.05, 0) is 38.2 Å². The number of hydrogen-bond donors (Lipinski definition) is 0. The van der Waals surface area contributed by atoms with Crippen molar-refractivity contribution in [2.75, 3.05) is 0 Å². The number of ether oxygens (including phenoxy) is 1. The molecular formula is C15H21BrO. The lowest BCUT2D eigenvalue weighted by Gasteiger charge is -2.20. The van der Waals surface area contributed by atoms with E-state index in [1.54, 1.807) is 0 Å². The van der Waals surface area contributed by atoms with Crippen LogP contribution in [0.4, 0.5) is 0 Å². The highest BCUT2D eigenvalue weighted by Gasteiger charge is 2.16. The summed E-state index contributed by atoms with van der Waals surface area (Å²) in [6, 6.07) is 6.39. The molecule has 1 aliphatic rings. The maximum Gasteiger partial charge on any atom is 0.126 e. The van der Waals surface area contributed by atoms with Crippen molar-refractivity contribution in [3.05, 3.63) is 29.3 Å². The Balaban J connectivity index is 2.11. The summed E-state index contributed by atoms with van der Waals surface area (Å²) >= 11 is 3.54. The number of hydrogen-bond acceptors (Lipinski definition) is 1. The highest BCUT2D eigenvalue weighted by molar-refractivity contribution is 9.08. The molecule has 0 aliphatic heterocycles. The van der Waals surface area contributed by atoms with Crippen molar-refractivity contribution < 1.29 is 4.74 Å². The predicted octanol–water partition coefficient (Wildman–Crippen LogP) is 4.99. The van der Waals surface area contributed by atoms with Gasteiger partial charge in [0.05, 0.1) is 6.10 Å². The first-order valence-corrected chi connectivity index (χ1v) is 7.74. The van der Waals surface area contributed by atoms with Gasteiger partial charge in [-0.1, -0.05) is 47.0 Å². The zero-order valence-corrected chi connectivity index (χ0v) is 12.1. The zero-order chi connectivity index (χ0) is 12.1. The third kappa shape index (κ3) is 3.48. The first-order valence-electron chi connectivity index (χ1n) is 6.62. The van der Waals surface area contributed by atoms with Crippen molar-refractivity contribution in [2.45, 2.75) is 56.9 Å². The van der Waals surface area contributed by atoms with Crippen LogP contribution in [0.2, 0.25) is 0 Å². The minimum Gasteiger partial charge on any atom is -0.490 e. The summed E-state index contributed by atoms with van der Waals surface area (Å²) in [7, 11) is 0. The third-order valence-corrected chi connectivity index (χ3v) is 4.13. The fourth-order valence-electron chi connectivity index (χ4n) is 2.51. The second-order valence-electron chi connectivity index (χ2n) is 4.93. The number of para-hydroxylation sites is 1. The SMILES string of the molecule is Cc1cccc(CBr)c1OC1CCCCCC1. The van der Waals surface area contributed by atoms with E-state index < -0.39 is 0 Å². The van der Waals surface area contributed by atoms with E-state index in [2.05, 4.69) is 41.1 Å². The standard InChI is InChI=1S/C15H21BrO/c1-12-7-6-8-13(11-16)15(12)17-14-9-4-2-3-5-10-14/h6-8,14H,2-5,9-11H2,1H3. The number of benzene rings is 1. The molecule has 2 rings (SSSR count). The van der Waals surface area contributed by atoms with Crippen LogP contribution in [0.5, 0.6) is 5.75 Å². The van der Waals surface area contributed by atoms with Gasteiger partial charge in [-0.2, -0.15) is 0 Å². The molecule has 1 aromatic carbocycles. The van der Waals surface area contributed by atoms with Crippen LogP contribution < -0.4 is 4.74 Å². The van der Waals surface area contributed by atoms with Gasteiger partial charge >= 0.3 is 0 Å². The van der Waals surface area contributed by atoms with E-state index in [4.69, 9.17) is 4.74 Å². The maximum absolute atomic E-state index is 6.26. The van der Waals surface area contributed by atoms with E-state index in [9.17, 15) is 0 Å². The van der Waals surface area contributed by atoms with Gasteiger partial charge in [0.1, 0.15) is 5.75 Å². The van der Waals surface area contributed by atoms with Crippen molar-refractivity contribution in [2.24, 2.45) is 0 Å². The normalized spacial score (nSPS) is 17.8. The summed E-state index contributed by atoms with van der Waals surface area (Å²) < 4.78 is 6.26. The van der Waals surface area contributed by atoms with Gasteiger partial charge in [0, 0.05) is 10.9 Å². The maximum atomic E-state index is 6.26. The van der Waals surface area contributed by atoms with E-state index in [0.29, 0.717) is 6.10 Å². The molecule has 17 heavy (non-hydrogen) atoms. The number of alkyl halides is 1. The molecule has 0 bridgehead atoms. The Bertz CT molecular complexity index is 354. The van der Waals surface area contributed by atoms with Crippen molar-refractivity contribution >= 4 is 15.9 Å². The first-order chi connectivity index (χ1) is 8.31. The van der Waals surface area contributed by atoms with Crippen LogP contribution in [0.15, 0.2) is 18.2 Å². The Morgan fingerprint density at radius 3 is 2.53 bits per heavy atom. The molecule has 0 N–H and O–H groups in total. The fourth-order valence-corrected chi connectivity index (χ4v) is 2.96. The molecule has 0 heterocycles. The van der Waals surface area contributed by atoms with Crippen molar-refractivity contribution in [1.29, 1.82) is 0 Å². The molecule has 2 heteroatoms. The van der Waals surface area contributed by atoms with E-state index in [-0.39, 0.29) is 0 Å². The van der Waals surface area contributed by atoms with Crippen LogP contribution in [-0.4, -0.2) is 6.10 Å². The largest absolute Gasteiger partial charge is 0.490 e. The molecular weight excluding hydrogens is 276 g/mol. The molecule has 0 amide bonds. The monoisotopic (exact) mass is 296 g/mol. The smallest absolute Gasteiger partial charge is 0.126 e. The summed E-state index contributed by atoms with van der Waals surface area (Å²) in [5, 5.41) is 0.872. The first kappa shape index (κ1) is 12.9. The van der Waals surface area contributed by atoms with Gasteiger partial charge in [0.2, 0.25) is 0 Å². The lowest BCUT2D eigenvalue weighted by Crippen LogP contribution is -2.16. The summed E-state index contributed by atoms with van der Waals surface area (Å²) in [5.74, 6) is 1.11. The van der Waals surface area contributed by atoms with E-state index >= 15 is 0 Å². The quantitative estimate of drug-likeness (QED) is 0.564. The van der Waals surface area contributed by atoms with Gasteiger partial charge in [-0.3, -0.25) is 0 Å². The highest BCUT2D eigenvalue weighted by Crippen LogP contribution is 2.29. The molecule has 1 nitrogen and oxygen atoms in total.